The molecule has 1 aromatic rings. The van der Waals surface area contributed by atoms with Crippen molar-refractivity contribution in [1.82, 2.24) is 21.1 Å². The van der Waals surface area contributed by atoms with Gasteiger partial charge >= 0.3 is 5.97 Å². The van der Waals surface area contributed by atoms with E-state index in [0.29, 0.717) is 32.4 Å². The number of rotatable bonds is 2. The van der Waals surface area contributed by atoms with Crippen molar-refractivity contribution in [2.24, 2.45) is 5.92 Å². The first-order valence-corrected chi connectivity index (χ1v) is 14.4. The molecule has 3 aliphatic rings. The third-order valence-electron chi connectivity index (χ3n) is 7.89. The van der Waals surface area contributed by atoms with Crippen molar-refractivity contribution in [2.75, 3.05) is 19.7 Å². The summed E-state index contributed by atoms with van der Waals surface area (Å²) >= 11 is 0. The molecule has 8 heteroatoms. The van der Waals surface area contributed by atoms with Crippen molar-refractivity contribution in [2.45, 2.75) is 95.2 Å². The maximum absolute atomic E-state index is 14.0. The van der Waals surface area contributed by atoms with E-state index in [1.165, 1.54) is 0 Å². The number of allylic oxidation sites excluding steroid dienone is 2. The van der Waals surface area contributed by atoms with Crippen LogP contribution in [0.5, 0.6) is 0 Å². The molecule has 2 aliphatic heterocycles. The highest BCUT2D eigenvalue weighted by Gasteiger charge is 2.63. The van der Waals surface area contributed by atoms with Crippen LogP contribution in [0.1, 0.15) is 83.1 Å². The summed E-state index contributed by atoms with van der Waals surface area (Å²) in [6.07, 6.45) is 12.1. The largest absolute Gasteiger partial charge is 0.464 e. The number of benzene rings is 1. The lowest BCUT2D eigenvalue weighted by atomic mass is 10.00. The van der Waals surface area contributed by atoms with Crippen molar-refractivity contribution < 1.29 is 19.1 Å². The van der Waals surface area contributed by atoms with Crippen LogP contribution in [0.2, 0.25) is 0 Å². The Hall–Kier alpha value is -2.71. The van der Waals surface area contributed by atoms with Crippen LogP contribution in [0.3, 0.4) is 0 Å². The molecule has 0 radical (unpaired) electrons. The van der Waals surface area contributed by atoms with E-state index in [1.807, 2.05) is 44.2 Å². The summed E-state index contributed by atoms with van der Waals surface area (Å²) in [7, 11) is 0. The topological polar surface area (TPSA) is 99.8 Å². The lowest BCUT2D eigenvalue weighted by Crippen LogP contribution is -2.63. The summed E-state index contributed by atoms with van der Waals surface area (Å²) in [6, 6.07) is 8.93. The standard InChI is InChI=1S/C30H44N4O4/c1-22(2)26-27(35)32-30(21-24(30)23-15-10-9-11-16-23)29(37)34-19-14-17-25(33-34)28(36)38-20-13-8-6-4-3-5-7-12-18-31-26/h3-4,9-11,15-16,22,24-26,31,33H,5-8,12-14,17-21H2,1-2H3,(H,32,35)/b4-3+/t24?,25-,26-,30?/m0/s1. The van der Waals surface area contributed by atoms with Gasteiger partial charge in [0.15, 0.2) is 0 Å². The first-order valence-electron chi connectivity index (χ1n) is 14.4. The molecule has 2 fully saturated rings. The lowest BCUT2D eigenvalue weighted by molar-refractivity contribution is -0.153. The first kappa shape index (κ1) is 28.3. The highest BCUT2D eigenvalue weighted by molar-refractivity contribution is 5.97. The van der Waals surface area contributed by atoms with E-state index in [0.717, 1.165) is 50.6 Å². The Bertz CT molecular complexity index is 982. The molecule has 2 unspecified atom stereocenters. The zero-order valence-corrected chi connectivity index (χ0v) is 22.9. The van der Waals surface area contributed by atoms with Crippen LogP contribution < -0.4 is 16.1 Å². The summed E-state index contributed by atoms with van der Waals surface area (Å²) in [5.74, 6) is -0.691. The third-order valence-corrected chi connectivity index (χ3v) is 7.89. The van der Waals surface area contributed by atoms with Gasteiger partial charge in [-0.1, -0.05) is 56.3 Å². The highest BCUT2D eigenvalue weighted by atomic mass is 16.5. The SMILES string of the molecule is CC(C)[C@@H]1NCCCC/C=C/CCCCOC(=O)[C@@H]2CCCN(N2)C(=O)C2(CC2c2ccccc2)NC1=O. The number of fused-ring (bicyclic) bond motifs is 2. The summed E-state index contributed by atoms with van der Waals surface area (Å²) in [5.41, 5.74) is 3.13. The lowest BCUT2D eigenvalue weighted by Gasteiger charge is -2.36. The molecule has 1 aliphatic carbocycles. The van der Waals surface area contributed by atoms with Crippen molar-refractivity contribution >= 4 is 17.8 Å². The number of carbonyl (C=O) groups is 3. The predicted molar refractivity (Wildman–Crippen MR) is 147 cm³/mol. The van der Waals surface area contributed by atoms with Crippen LogP contribution in [0.25, 0.3) is 0 Å². The molecule has 1 aromatic carbocycles. The zero-order valence-electron chi connectivity index (χ0n) is 22.9. The van der Waals surface area contributed by atoms with Crippen molar-refractivity contribution in [3.63, 3.8) is 0 Å². The van der Waals surface area contributed by atoms with E-state index >= 15 is 0 Å². The van der Waals surface area contributed by atoms with Crippen LogP contribution in [0, 0.1) is 5.92 Å². The van der Waals surface area contributed by atoms with Crippen LogP contribution in [0.4, 0.5) is 0 Å². The van der Waals surface area contributed by atoms with Gasteiger partial charge in [0.05, 0.1) is 12.6 Å². The molecule has 3 N–H and O–H groups in total. The summed E-state index contributed by atoms with van der Waals surface area (Å²) < 4.78 is 5.54. The molecule has 208 valence electrons. The molecular weight excluding hydrogens is 480 g/mol. The van der Waals surface area contributed by atoms with Gasteiger partial charge in [0.1, 0.15) is 11.6 Å². The normalized spacial score (nSPS) is 31.3. The Balaban J connectivity index is 1.55. The third kappa shape index (κ3) is 7.03. The van der Waals surface area contributed by atoms with Gasteiger partial charge in [0.2, 0.25) is 5.91 Å². The number of amides is 2. The van der Waals surface area contributed by atoms with Gasteiger partial charge in [0.25, 0.3) is 5.91 Å². The van der Waals surface area contributed by atoms with Crippen LogP contribution in [-0.4, -0.2) is 60.1 Å². The Labute approximate surface area is 226 Å². The highest BCUT2D eigenvalue weighted by Crippen LogP contribution is 2.52. The van der Waals surface area contributed by atoms with Gasteiger partial charge in [-0.3, -0.25) is 19.4 Å². The fraction of sp³-hybridized carbons (Fsp3) is 0.633. The molecule has 4 atom stereocenters. The second-order valence-corrected chi connectivity index (χ2v) is 11.2. The number of ether oxygens (including phenoxy) is 1. The maximum atomic E-state index is 14.0. The number of hydrazine groups is 1. The first-order chi connectivity index (χ1) is 18.4. The number of hydrogen-bond acceptors (Lipinski definition) is 6. The van der Waals surface area contributed by atoms with E-state index in [4.69, 9.17) is 4.74 Å². The van der Waals surface area contributed by atoms with Crippen LogP contribution >= 0.6 is 0 Å². The van der Waals surface area contributed by atoms with E-state index in [1.54, 1.807) is 5.01 Å². The van der Waals surface area contributed by atoms with Crippen LogP contribution in [0.15, 0.2) is 42.5 Å². The Kier molecular flexibility index (Phi) is 9.97. The zero-order chi connectivity index (χ0) is 27.0. The van der Waals surface area contributed by atoms with Crippen molar-refractivity contribution in [3.05, 3.63) is 48.0 Å². The minimum atomic E-state index is -1.03. The minimum Gasteiger partial charge on any atom is -0.464 e. The second-order valence-electron chi connectivity index (χ2n) is 11.2. The average molecular weight is 525 g/mol. The van der Waals surface area contributed by atoms with Gasteiger partial charge in [0, 0.05) is 12.5 Å². The van der Waals surface area contributed by atoms with Gasteiger partial charge < -0.3 is 15.4 Å². The Morgan fingerprint density at radius 1 is 0.974 bits per heavy atom. The molecule has 38 heavy (non-hydrogen) atoms. The number of cyclic esters (lactones) is 1. The van der Waals surface area contributed by atoms with Gasteiger partial charge in [-0.05, 0) is 75.8 Å². The summed E-state index contributed by atoms with van der Waals surface area (Å²) in [5, 5.41) is 8.17. The minimum absolute atomic E-state index is 0.0739. The smallest absolute Gasteiger partial charge is 0.324 e. The quantitative estimate of drug-likeness (QED) is 0.404. The average Bonchev–Trinajstić information content (AvgIpc) is 3.65. The van der Waals surface area contributed by atoms with E-state index in [9.17, 15) is 14.4 Å². The maximum Gasteiger partial charge on any atom is 0.324 e. The van der Waals surface area contributed by atoms with Crippen molar-refractivity contribution in [3.8, 4) is 0 Å². The summed E-state index contributed by atoms with van der Waals surface area (Å²) in [4.78, 5) is 40.4. The molecule has 2 heterocycles. The number of hydrogen-bond donors (Lipinski definition) is 3. The molecule has 1 saturated carbocycles. The van der Waals surface area contributed by atoms with E-state index in [2.05, 4.69) is 28.2 Å². The predicted octanol–water partition coefficient (Wildman–Crippen LogP) is 3.59. The molecule has 2 amide bonds. The number of carbonyl (C=O) groups excluding carboxylic acids is 3. The number of esters is 1. The fourth-order valence-corrected chi connectivity index (χ4v) is 5.57. The number of nitrogens with one attached hydrogen (secondary N) is 3. The molecule has 0 aromatic heterocycles. The van der Waals surface area contributed by atoms with Gasteiger partial charge in [-0.2, -0.15) is 0 Å². The van der Waals surface area contributed by atoms with Gasteiger partial charge in [-0.15, -0.1) is 0 Å². The van der Waals surface area contributed by atoms with E-state index < -0.39 is 17.6 Å². The molecule has 2 bridgehead atoms. The van der Waals surface area contributed by atoms with Crippen molar-refractivity contribution in [1.29, 1.82) is 0 Å². The molecule has 1 spiro atoms. The molecule has 4 rings (SSSR count). The fourth-order valence-electron chi connectivity index (χ4n) is 5.57. The molecule has 8 nitrogen and oxygen atoms in total. The Morgan fingerprint density at radius 2 is 1.71 bits per heavy atom. The van der Waals surface area contributed by atoms with E-state index in [-0.39, 0.29) is 29.6 Å². The number of nitrogens with zero attached hydrogens (tertiary/aromatic N) is 1. The van der Waals surface area contributed by atoms with Crippen LogP contribution in [-0.2, 0) is 19.1 Å². The summed E-state index contributed by atoms with van der Waals surface area (Å²) in [6.45, 7) is 5.68. The monoisotopic (exact) mass is 524 g/mol. The molecule has 1 saturated heterocycles. The second kappa shape index (κ2) is 13.4. The van der Waals surface area contributed by atoms with Gasteiger partial charge in [-0.25, -0.2) is 5.43 Å². The Morgan fingerprint density at radius 3 is 2.45 bits per heavy atom. The molecular formula is C30H44N4O4.